The molecule has 0 bridgehead atoms. The Kier molecular flexibility index (Phi) is 3.15. The van der Waals surface area contributed by atoms with E-state index in [4.69, 9.17) is 11.6 Å². The Balaban J connectivity index is 2.37. The van der Waals surface area contributed by atoms with Crippen molar-refractivity contribution in [1.29, 1.82) is 0 Å². The molecule has 0 aliphatic carbocycles. The standard InChI is InChI=1S/C12H11ClFNO2/c1-6-9(5-11(16)15-12(6)17)8-3-2-7(13)4-10(8)14/h2-4,6,9H,5H2,1H3,(H,15,16,17). The van der Waals surface area contributed by atoms with Crippen LogP contribution < -0.4 is 5.32 Å². The topological polar surface area (TPSA) is 46.2 Å². The van der Waals surface area contributed by atoms with E-state index in [1.54, 1.807) is 13.0 Å². The highest BCUT2D eigenvalue weighted by molar-refractivity contribution is 6.30. The molecule has 2 amide bonds. The third-order valence-corrected chi connectivity index (χ3v) is 3.28. The van der Waals surface area contributed by atoms with E-state index in [-0.39, 0.29) is 18.2 Å². The molecule has 17 heavy (non-hydrogen) atoms. The molecule has 90 valence electrons. The SMILES string of the molecule is CC1C(=O)NC(=O)CC1c1ccc(Cl)cc1F. The van der Waals surface area contributed by atoms with Crippen LogP contribution in [0.5, 0.6) is 0 Å². The van der Waals surface area contributed by atoms with Gasteiger partial charge in [0, 0.05) is 23.3 Å². The van der Waals surface area contributed by atoms with Crippen LogP contribution in [0.2, 0.25) is 5.02 Å². The molecule has 1 fully saturated rings. The van der Waals surface area contributed by atoms with Crippen LogP contribution in [-0.4, -0.2) is 11.8 Å². The zero-order chi connectivity index (χ0) is 12.6. The van der Waals surface area contributed by atoms with Gasteiger partial charge in [-0.25, -0.2) is 4.39 Å². The van der Waals surface area contributed by atoms with Gasteiger partial charge in [0.25, 0.3) is 0 Å². The van der Waals surface area contributed by atoms with Crippen molar-refractivity contribution in [1.82, 2.24) is 5.32 Å². The second-order valence-corrected chi connectivity index (χ2v) is 4.61. The number of halogens is 2. The van der Waals surface area contributed by atoms with E-state index < -0.39 is 17.7 Å². The van der Waals surface area contributed by atoms with Crippen LogP contribution in [0.15, 0.2) is 18.2 Å². The third-order valence-electron chi connectivity index (χ3n) is 3.05. The lowest BCUT2D eigenvalue weighted by molar-refractivity contribution is -0.136. The number of rotatable bonds is 1. The lowest BCUT2D eigenvalue weighted by Gasteiger charge is -2.27. The number of hydrogen-bond donors (Lipinski definition) is 1. The van der Waals surface area contributed by atoms with E-state index in [1.165, 1.54) is 12.1 Å². The number of hydrogen-bond acceptors (Lipinski definition) is 2. The lowest BCUT2D eigenvalue weighted by atomic mass is 9.81. The molecule has 2 rings (SSSR count). The van der Waals surface area contributed by atoms with Crippen molar-refractivity contribution in [3.05, 3.63) is 34.6 Å². The highest BCUT2D eigenvalue weighted by Crippen LogP contribution is 2.33. The summed E-state index contributed by atoms with van der Waals surface area (Å²) < 4.78 is 13.7. The fraction of sp³-hybridized carbons (Fsp3) is 0.333. The third kappa shape index (κ3) is 2.31. The first-order valence-corrected chi connectivity index (χ1v) is 5.65. The number of carbonyl (C=O) groups is 2. The van der Waals surface area contributed by atoms with E-state index in [2.05, 4.69) is 5.32 Å². The summed E-state index contributed by atoms with van der Waals surface area (Å²) in [6.45, 7) is 1.68. The van der Waals surface area contributed by atoms with E-state index >= 15 is 0 Å². The van der Waals surface area contributed by atoms with Crippen LogP contribution >= 0.6 is 11.6 Å². The average Bonchev–Trinajstić information content (AvgIpc) is 2.24. The van der Waals surface area contributed by atoms with E-state index in [9.17, 15) is 14.0 Å². The van der Waals surface area contributed by atoms with Crippen molar-refractivity contribution >= 4 is 23.4 Å². The normalized spacial score (nSPS) is 24.6. The summed E-state index contributed by atoms with van der Waals surface area (Å²) in [5, 5.41) is 2.53. The fourth-order valence-electron chi connectivity index (χ4n) is 2.04. The Labute approximate surface area is 103 Å². The van der Waals surface area contributed by atoms with Gasteiger partial charge in [0.2, 0.25) is 11.8 Å². The van der Waals surface area contributed by atoms with Crippen LogP contribution in [0.3, 0.4) is 0 Å². The van der Waals surface area contributed by atoms with Crippen molar-refractivity contribution in [3.8, 4) is 0 Å². The molecule has 0 spiro atoms. The first-order chi connectivity index (χ1) is 7.99. The minimum absolute atomic E-state index is 0.117. The highest BCUT2D eigenvalue weighted by Gasteiger charge is 2.34. The molecule has 1 aromatic carbocycles. The molecule has 1 heterocycles. The monoisotopic (exact) mass is 255 g/mol. The zero-order valence-corrected chi connectivity index (χ0v) is 9.92. The Morgan fingerprint density at radius 1 is 1.41 bits per heavy atom. The maximum atomic E-state index is 13.7. The van der Waals surface area contributed by atoms with Gasteiger partial charge in [-0.3, -0.25) is 14.9 Å². The lowest BCUT2D eigenvalue weighted by Crippen LogP contribution is -2.43. The van der Waals surface area contributed by atoms with Gasteiger partial charge >= 0.3 is 0 Å². The van der Waals surface area contributed by atoms with Crippen LogP contribution in [-0.2, 0) is 9.59 Å². The maximum absolute atomic E-state index is 13.7. The van der Waals surface area contributed by atoms with Gasteiger partial charge < -0.3 is 0 Å². The summed E-state index contributed by atoms with van der Waals surface area (Å²) in [4.78, 5) is 22.8. The molecule has 2 unspecified atom stereocenters. The minimum Gasteiger partial charge on any atom is -0.296 e. The minimum atomic E-state index is -0.475. The van der Waals surface area contributed by atoms with Crippen molar-refractivity contribution < 1.29 is 14.0 Å². The molecule has 1 N–H and O–H groups in total. The molecule has 1 aromatic rings. The first kappa shape index (κ1) is 12.0. The van der Waals surface area contributed by atoms with Crippen LogP contribution in [0, 0.1) is 11.7 Å². The van der Waals surface area contributed by atoms with Crippen molar-refractivity contribution in [3.63, 3.8) is 0 Å². The van der Waals surface area contributed by atoms with Gasteiger partial charge in [0.05, 0.1) is 0 Å². The number of benzene rings is 1. The molecule has 0 radical (unpaired) electrons. The molecule has 1 aliphatic rings. The van der Waals surface area contributed by atoms with Crippen molar-refractivity contribution in [2.45, 2.75) is 19.3 Å². The number of carbonyl (C=O) groups excluding carboxylic acids is 2. The maximum Gasteiger partial charge on any atom is 0.230 e. The molecule has 0 saturated carbocycles. The van der Waals surface area contributed by atoms with E-state index in [0.29, 0.717) is 10.6 Å². The van der Waals surface area contributed by atoms with Gasteiger partial charge in [-0.15, -0.1) is 0 Å². The summed E-state index contributed by atoms with van der Waals surface area (Å²) in [5.74, 6) is -2.05. The first-order valence-electron chi connectivity index (χ1n) is 5.27. The molecular formula is C12H11ClFNO2. The second-order valence-electron chi connectivity index (χ2n) is 4.18. The molecule has 1 aliphatic heterocycles. The van der Waals surface area contributed by atoms with Crippen molar-refractivity contribution in [2.75, 3.05) is 0 Å². The summed E-state index contributed by atoms with van der Waals surface area (Å²) in [7, 11) is 0. The Bertz CT molecular complexity index is 489. The van der Waals surface area contributed by atoms with Crippen LogP contribution in [0.4, 0.5) is 4.39 Å². The quantitative estimate of drug-likeness (QED) is 0.783. The summed E-state index contributed by atoms with van der Waals surface area (Å²) in [5.41, 5.74) is 0.366. The predicted molar refractivity (Wildman–Crippen MR) is 61.1 cm³/mol. The Morgan fingerprint density at radius 3 is 2.76 bits per heavy atom. The summed E-state index contributed by atoms with van der Waals surface area (Å²) >= 11 is 5.66. The number of piperidine rings is 1. The largest absolute Gasteiger partial charge is 0.296 e. The fourth-order valence-corrected chi connectivity index (χ4v) is 2.20. The smallest absolute Gasteiger partial charge is 0.230 e. The molecule has 1 saturated heterocycles. The predicted octanol–water partition coefficient (Wildman–Crippen LogP) is 2.25. The number of nitrogens with one attached hydrogen (secondary N) is 1. The van der Waals surface area contributed by atoms with Gasteiger partial charge in [0.1, 0.15) is 5.82 Å². The Hall–Kier alpha value is -1.42. The van der Waals surface area contributed by atoms with E-state index in [1.807, 2.05) is 0 Å². The molecule has 0 aromatic heterocycles. The average molecular weight is 256 g/mol. The highest BCUT2D eigenvalue weighted by atomic mass is 35.5. The number of amides is 2. The molecule has 2 atom stereocenters. The van der Waals surface area contributed by atoms with Gasteiger partial charge in [-0.2, -0.15) is 0 Å². The van der Waals surface area contributed by atoms with Crippen LogP contribution in [0.25, 0.3) is 0 Å². The molecule has 3 nitrogen and oxygen atoms in total. The summed E-state index contributed by atoms with van der Waals surface area (Å²) in [6.07, 6.45) is 0.117. The van der Waals surface area contributed by atoms with E-state index in [0.717, 1.165) is 0 Å². The zero-order valence-electron chi connectivity index (χ0n) is 9.17. The van der Waals surface area contributed by atoms with Gasteiger partial charge in [-0.05, 0) is 17.7 Å². The van der Waals surface area contributed by atoms with Crippen molar-refractivity contribution in [2.24, 2.45) is 5.92 Å². The second kappa shape index (κ2) is 4.45. The number of imide groups is 1. The van der Waals surface area contributed by atoms with Crippen LogP contribution in [0.1, 0.15) is 24.8 Å². The molecule has 5 heteroatoms. The molecular weight excluding hydrogens is 245 g/mol. The van der Waals surface area contributed by atoms with Gasteiger partial charge in [-0.1, -0.05) is 24.6 Å². The Morgan fingerprint density at radius 2 is 2.12 bits per heavy atom. The summed E-state index contributed by atoms with van der Waals surface area (Å²) in [6, 6.07) is 4.29. The van der Waals surface area contributed by atoms with Gasteiger partial charge in [0.15, 0.2) is 0 Å².